The normalized spacial score (nSPS) is 15.8. The monoisotopic (exact) mass is 388 g/mol. The number of likely N-dealkylation sites (tertiary alicyclic amines) is 1. The standard InChI is InChI=1S/C23H40N4O/c1-18(2)12-15-28-21-8-6-20(7-9-21)27(17-23(4,5)16-24)22(25)26-13-10-19(3)11-14-26/h6-9,18-19,25H,10-17,24H2,1-5H3. The van der Waals surface area contributed by atoms with Gasteiger partial charge in [-0.25, -0.2) is 0 Å². The van der Waals surface area contributed by atoms with E-state index in [9.17, 15) is 0 Å². The van der Waals surface area contributed by atoms with Gasteiger partial charge in [0.2, 0.25) is 0 Å². The molecule has 158 valence electrons. The Hall–Kier alpha value is -1.75. The fraction of sp³-hybridized carbons (Fsp3) is 0.696. The van der Waals surface area contributed by atoms with E-state index < -0.39 is 0 Å². The summed E-state index contributed by atoms with van der Waals surface area (Å²) in [4.78, 5) is 4.32. The van der Waals surface area contributed by atoms with Crippen molar-refractivity contribution < 1.29 is 4.74 Å². The molecule has 1 heterocycles. The number of anilines is 1. The van der Waals surface area contributed by atoms with E-state index in [0.717, 1.165) is 62.9 Å². The predicted molar refractivity (Wildman–Crippen MR) is 119 cm³/mol. The summed E-state index contributed by atoms with van der Waals surface area (Å²) >= 11 is 0. The summed E-state index contributed by atoms with van der Waals surface area (Å²) in [5.41, 5.74) is 6.96. The molecule has 2 rings (SSSR count). The topological polar surface area (TPSA) is 65.6 Å². The van der Waals surface area contributed by atoms with Crippen LogP contribution < -0.4 is 15.4 Å². The molecule has 28 heavy (non-hydrogen) atoms. The number of nitrogens with zero attached hydrogens (tertiary/aromatic N) is 2. The van der Waals surface area contributed by atoms with Gasteiger partial charge >= 0.3 is 0 Å². The summed E-state index contributed by atoms with van der Waals surface area (Å²) in [6, 6.07) is 8.17. The quantitative estimate of drug-likeness (QED) is 0.506. The first-order valence-electron chi connectivity index (χ1n) is 10.8. The van der Waals surface area contributed by atoms with Gasteiger partial charge in [-0.3, -0.25) is 5.41 Å². The zero-order chi connectivity index (χ0) is 20.7. The average molecular weight is 389 g/mol. The smallest absolute Gasteiger partial charge is 0.198 e. The van der Waals surface area contributed by atoms with Crippen molar-refractivity contribution in [2.45, 2.75) is 53.9 Å². The van der Waals surface area contributed by atoms with E-state index in [2.05, 4.69) is 56.6 Å². The molecule has 1 saturated heterocycles. The van der Waals surface area contributed by atoms with Gasteiger partial charge in [0.15, 0.2) is 5.96 Å². The number of nitrogens with one attached hydrogen (secondary N) is 1. The molecule has 0 aliphatic carbocycles. The third kappa shape index (κ3) is 6.69. The van der Waals surface area contributed by atoms with Gasteiger partial charge in [0.1, 0.15) is 5.75 Å². The third-order valence-corrected chi connectivity index (χ3v) is 5.59. The maximum absolute atomic E-state index is 8.89. The van der Waals surface area contributed by atoms with Crippen LogP contribution >= 0.6 is 0 Å². The first-order chi connectivity index (χ1) is 13.2. The molecule has 0 spiro atoms. The molecule has 1 aromatic rings. The fourth-order valence-electron chi connectivity index (χ4n) is 3.31. The minimum atomic E-state index is -0.0676. The molecule has 1 aliphatic rings. The van der Waals surface area contributed by atoms with Gasteiger partial charge in [0.05, 0.1) is 6.61 Å². The van der Waals surface area contributed by atoms with Crippen molar-refractivity contribution in [2.24, 2.45) is 23.0 Å². The summed E-state index contributed by atoms with van der Waals surface area (Å²) < 4.78 is 5.86. The van der Waals surface area contributed by atoms with Crippen molar-refractivity contribution in [3.05, 3.63) is 24.3 Å². The lowest BCUT2D eigenvalue weighted by molar-refractivity contribution is 0.272. The first kappa shape index (κ1) is 22.5. The Morgan fingerprint density at radius 3 is 2.39 bits per heavy atom. The molecule has 1 aliphatic heterocycles. The summed E-state index contributed by atoms with van der Waals surface area (Å²) in [5.74, 6) is 2.86. The van der Waals surface area contributed by atoms with Crippen molar-refractivity contribution in [3.8, 4) is 5.75 Å². The summed E-state index contributed by atoms with van der Waals surface area (Å²) in [6.07, 6.45) is 3.36. The number of nitrogens with two attached hydrogens (primary N) is 1. The van der Waals surface area contributed by atoms with Crippen LogP contribution in [-0.2, 0) is 0 Å². The largest absolute Gasteiger partial charge is 0.494 e. The summed E-state index contributed by atoms with van der Waals surface area (Å²) in [5, 5.41) is 8.89. The van der Waals surface area contributed by atoms with Crippen molar-refractivity contribution in [3.63, 3.8) is 0 Å². The van der Waals surface area contributed by atoms with Crippen LogP contribution in [-0.4, -0.2) is 43.6 Å². The molecule has 5 heteroatoms. The first-order valence-corrected chi connectivity index (χ1v) is 10.8. The number of hydrogen-bond donors (Lipinski definition) is 2. The molecule has 0 unspecified atom stereocenters. The Morgan fingerprint density at radius 2 is 1.86 bits per heavy atom. The van der Waals surface area contributed by atoms with E-state index in [0.29, 0.717) is 18.4 Å². The highest BCUT2D eigenvalue weighted by molar-refractivity contribution is 5.94. The van der Waals surface area contributed by atoms with E-state index in [1.807, 2.05) is 12.1 Å². The van der Waals surface area contributed by atoms with Gasteiger partial charge in [-0.2, -0.15) is 0 Å². The van der Waals surface area contributed by atoms with Crippen molar-refractivity contribution >= 4 is 11.6 Å². The summed E-state index contributed by atoms with van der Waals surface area (Å²) in [7, 11) is 0. The average Bonchev–Trinajstić information content (AvgIpc) is 2.67. The maximum Gasteiger partial charge on any atom is 0.198 e. The molecule has 1 fully saturated rings. The highest BCUT2D eigenvalue weighted by Gasteiger charge is 2.27. The zero-order valence-electron chi connectivity index (χ0n) is 18.5. The van der Waals surface area contributed by atoms with Crippen LogP contribution in [0.25, 0.3) is 0 Å². The van der Waals surface area contributed by atoms with Crippen LogP contribution in [0.4, 0.5) is 5.69 Å². The van der Waals surface area contributed by atoms with Crippen LogP contribution in [0.1, 0.15) is 53.9 Å². The van der Waals surface area contributed by atoms with E-state index in [1.54, 1.807) is 0 Å². The molecular formula is C23H40N4O. The second-order valence-electron chi connectivity index (χ2n) is 9.47. The van der Waals surface area contributed by atoms with Gasteiger partial charge < -0.3 is 20.3 Å². The lowest BCUT2D eigenvalue weighted by Crippen LogP contribution is -2.51. The molecule has 0 amide bonds. The number of hydrogen-bond acceptors (Lipinski definition) is 3. The van der Waals surface area contributed by atoms with E-state index in [4.69, 9.17) is 15.9 Å². The number of ether oxygens (including phenoxy) is 1. The zero-order valence-corrected chi connectivity index (χ0v) is 18.5. The third-order valence-electron chi connectivity index (χ3n) is 5.59. The van der Waals surface area contributed by atoms with Crippen LogP contribution in [0.2, 0.25) is 0 Å². The van der Waals surface area contributed by atoms with Crippen molar-refractivity contribution in [1.29, 1.82) is 5.41 Å². The number of rotatable bonds is 8. The Bertz CT molecular complexity index is 604. The molecule has 0 atom stereocenters. The van der Waals surface area contributed by atoms with Crippen molar-refractivity contribution in [1.82, 2.24) is 4.90 Å². The predicted octanol–water partition coefficient (Wildman–Crippen LogP) is 4.57. The fourth-order valence-corrected chi connectivity index (χ4v) is 3.31. The van der Waals surface area contributed by atoms with Crippen LogP contribution in [0, 0.1) is 22.7 Å². The van der Waals surface area contributed by atoms with Gasteiger partial charge in [0.25, 0.3) is 0 Å². The van der Waals surface area contributed by atoms with Gasteiger partial charge in [-0.15, -0.1) is 0 Å². The maximum atomic E-state index is 8.89. The molecule has 0 bridgehead atoms. The lowest BCUT2D eigenvalue weighted by Gasteiger charge is -2.40. The van der Waals surface area contributed by atoms with Crippen LogP contribution in [0.5, 0.6) is 5.75 Å². The number of guanidine groups is 1. The van der Waals surface area contributed by atoms with E-state index in [-0.39, 0.29) is 5.41 Å². The molecular weight excluding hydrogens is 348 g/mol. The van der Waals surface area contributed by atoms with Crippen LogP contribution in [0.3, 0.4) is 0 Å². The second kappa shape index (κ2) is 10.1. The number of benzene rings is 1. The Balaban J connectivity index is 2.13. The molecule has 3 N–H and O–H groups in total. The van der Waals surface area contributed by atoms with E-state index >= 15 is 0 Å². The highest BCUT2D eigenvalue weighted by Crippen LogP contribution is 2.26. The van der Waals surface area contributed by atoms with E-state index in [1.165, 1.54) is 0 Å². The van der Waals surface area contributed by atoms with Gasteiger partial charge in [-0.1, -0.05) is 34.6 Å². The molecule has 1 aromatic carbocycles. The van der Waals surface area contributed by atoms with Gasteiger partial charge in [0, 0.05) is 25.3 Å². The van der Waals surface area contributed by atoms with Crippen molar-refractivity contribution in [2.75, 3.05) is 37.7 Å². The molecule has 0 radical (unpaired) electrons. The van der Waals surface area contributed by atoms with Gasteiger partial charge in [-0.05, 0) is 67.3 Å². The minimum Gasteiger partial charge on any atom is -0.494 e. The Labute approximate surface area is 171 Å². The molecule has 0 saturated carbocycles. The molecule has 0 aromatic heterocycles. The Kier molecular flexibility index (Phi) is 8.17. The minimum absolute atomic E-state index is 0.0676. The number of piperidine rings is 1. The SMILES string of the molecule is CC(C)CCOc1ccc(N(CC(C)(C)CN)C(=N)N2CCC(C)CC2)cc1. The van der Waals surface area contributed by atoms with Crippen LogP contribution in [0.15, 0.2) is 24.3 Å². The molecule has 5 nitrogen and oxygen atoms in total. The summed E-state index contributed by atoms with van der Waals surface area (Å²) in [6.45, 7) is 15.0. The lowest BCUT2D eigenvalue weighted by atomic mass is 9.92. The second-order valence-corrected chi connectivity index (χ2v) is 9.47. The Morgan fingerprint density at radius 1 is 1.25 bits per heavy atom. The highest BCUT2D eigenvalue weighted by atomic mass is 16.5.